The number of likely N-dealkylation sites (tertiary alicyclic amines) is 1. The van der Waals surface area contributed by atoms with Gasteiger partial charge in [0.1, 0.15) is 11.2 Å². The second-order valence-electron chi connectivity index (χ2n) is 14.0. The molecule has 3 N–H and O–H groups in total. The summed E-state index contributed by atoms with van der Waals surface area (Å²) in [5, 5.41) is 7.14. The van der Waals surface area contributed by atoms with E-state index in [1.165, 1.54) is 18.9 Å². The summed E-state index contributed by atoms with van der Waals surface area (Å²) in [7, 11) is 3.84. The number of amides is 3. The lowest BCUT2D eigenvalue weighted by atomic mass is 10.00. The highest BCUT2D eigenvalue weighted by molar-refractivity contribution is 5.98. The first-order chi connectivity index (χ1) is 22.4. The molecule has 1 aromatic carbocycles. The van der Waals surface area contributed by atoms with E-state index in [0.29, 0.717) is 30.0 Å². The summed E-state index contributed by atoms with van der Waals surface area (Å²) in [5.41, 5.74) is 3.20. The summed E-state index contributed by atoms with van der Waals surface area (Å²) < 4.78 is 7.86. The number of H-pyrrole nitrogens is 1. The van der Waals surface area contributed by atoms with Gasteiger partial charge in [-0.25, -0.2) is 14.8 Å². The number of aromatic nitrogens is 4. The second kappa shape index (κ2) is 13.2. The van der Waals surface area contributed by atoms with Gasteiger partial charge in [-0.1, -0.05) is 6.08 Å². The highest BCUT2D eigenvalue weighted by Gasteiger charge is 2.34. The van der Waals surface area contributed by atoms with Gasteiger partial charge in [0.15, 0.2) is 5.82 Å². The molecule has 0 bridgehead atoms. The van der Waals surface area contributed by atoms with E-state index in [1.54, 1.807) is 23.1 Å². The van der Waals surface area contributed by atoms with Crippen molar-refractivity contribution in [2.24, 2.45) is 5.92 Å². The lowest BCUT2D eigenvalue weighted by Gasteiger charge is -2.38. The zero-order valence-electron chi connectivity index (χ0n) is 27.7. The maximum Gasteiger partial charge on any atom is 0.410 e. The maximum absolute atomic E-state index is 13.6. The highest BCUT2D eigenvalue weighted by atomic mass is 16.6. The minimum absolute atomic E-state index is 0.250. The molecule has 2 atom stereocenters. The lowest BCUT2D eigenvalue weighted by molar-refractivity contribution is -0.117. The van der Waals surface area contributed by atoms with Crippen LogP contribution in [0, 0.1) is 5.92 Å². The van der Waals surface area contributed by atoms with Crippen LogP contribution in [0.2, 0.25) is 0 Å². The van der Waals surface area contributed by atoms with Crippen LogP contribution in [0.4, 0.5) is 4.79 Å². The van der Waals surface area contributed by atoms with Crippen LogP contribution in [0.3, 0.4) is 0 Å². The minimum atomic E-state index is -0.679. The minimum Gasteiger partial charge on any atom is -0.444 e. The van der Waals surface area contributed by atoms with E-state index in [-0.39, 0.29) is 30.9 Å². The first-order valence-electron chi connectivity index (χ1n) is 16.3. The molecule has 3 amide bonds. The van der Waals surface area contributed by atoms with Crippen LogP contribution in [0.1, 0.15) is 50.4 Å². The maximum atomic E-state index is 13.6. The third-order valence-corrected chi connectivity index (χ3v) is 8.30. The summed E-state index contributed by atoms with van der Waals surface area (Å²) in [5.74, 6) is 0.856. The fourth-order valence-corrected chi connectivity index (χ4v) is 5.97. The Bertz CT molecular complexity index is 1810. The van der Waals surface area contributed by atoms with Gasteiger partial charge >= 0.3 is 6.09 Å². The molecule has 0 radical (unpaired) electrons. The van der Waals surface area contributed by atoms with E-state index in [2.05, 4.69) is 37.3 Å². The van der Waals surface area contributed by atoms with Crippen LogP contribution in [0.15, 0.2) is 54.7 Å². The Hall–Kier alpha value is -4.71. The summed E-state index contributed by atoms with van der Waals surface area (Å²) in [6.45, 7) is 7.50. The van der Waals surface area contributed by atoms with Crippen molar-refractivity contribution in [3.8, 4) is 11.5 Å². The molecule has 248 valence electrons. The molecule has 0 spiro atoms. The number of nitrogens with one attached hydrogen (secondary N) is 3. The Balaban J connectivity index is 1.19. The number of ether oxygens (including phenoxy) is 1. The summed E-state index contributed by atoms with van der Waals surface area (Å²) in [6, 6.07) is 10.8. The van der Waals surface area contributed by atoms with Gasteiger partial charge in [-0.15, -0.1) is 0 Å². The normalized spacial score (nSPS) is 18.7. The molecule has 1 aliphatic carbocycles. The van der Waals surface area contributed by atoms with Crippen molar-refractivity contribution in [3.63, 3.8) is 0 Å². The average molecular weight is 641 g/mol. The van der Waals surface area contributed by atoms with E-state index in [9.17, 15) is 14.4 Å². The molecule has 4 aromatic rings. The van der Waals surface area contributed by atoms with Crippen molar-refractivity contribution in [2.75, 3.05) is 33.7 Å². The van der Waals surface area contributed by atoms with Gasteiger partial charge in [-0.05, 0) is 96.4 Å². The van der Waals surface area contributed by atoms with Gasteiger partial charge in [-0.2, -0.15) is 0 Å². The molecule has 4 heterocycles. The number of aromatic amines is 1. The molecule has 3 aromatic heterocycles. The van der Waals surface area contributed by atoms with Crippen LogP contribution in [-0.4, -0.2) is 98.6 Å². The van der Waals surface area contributed by atoms with E-state index in [1.807, 2.05) is 58.1 Å². The fourth-order valence-electron chi connectivity index (χ4n) is 5.97. The first kappa shape index (κ1) is 32.2. The van der Waals surface area contributed by atoms with Gasteiger partial charge in [-0.3, -0.25) is 9.59 Å². The first-order valence-corrected chi connectivity index (χ1v) is 16.3. The smallest absolute Gasteiger partial charge is 0.410 e. The Labute approximate surface area is 274 Å². The predicted molar refractivity (Wildman–Crippen MR) is 181 cm³/mol. The molecule has 1 saturated carbocycles. The zero-order chi connectivity index (χ0) is 33.3. The Morgan fingerprint density at radius 1 is 1.09 bits per heavy atom. The fraction of sp³-hybridized carbons (Fsp3) is 0.457. The number of nitrogens with zero attached hydrogens (tertiary/aromatic N) is 5. The molecular weight excluding hydrogens is 596 g/mol. The number of imidazole rings is 1. The number of piperidine rings is 1. The van der Waals surface area contributed by atoms with Crippen LogP contribution >= 0.6 is 0 Å². The van der Waals surface area contributed by atoms with E-state index < -0.39 is 17.7 Å². The molecule has 12 nitrogen and oxygen atoms in total. The number of pyridine rings is 1. The van der Waals surface area contributed by atoms with Crippen LogP contribution in [0.25, 0.3) is 33.6 Å². The van der Waals surface area contributed by atoms with Gasteiger partial charge in [0, 0.05) is 61.5 Å². The van der Waals surface area contributed by atoms with Crippen molar-refractivity contribution in [3.05, 3.63) is 60.3 Å². The number of benzene rings is 1. The van der Waals surface area contributed by atoms with E-state index >= 15 is 0 Å². The van der Waals surface area contributed by atoms with Crippen LogP contribution in [0.5, 0.6) is 0 Å². The summed E-state index contributed by atoms with van der Waals surface area (Å²) in [6.07, 6.45) is 7.52. The largest absolute Gasteiger partial charge is 0.444 e. The van der Waals surface area contributed by atoms with E-state index in [4.69, 9.17) is 9.72 Å². The van der Waals surface area contributed by atoms with E-state index in [0.717, 1.165) is 34.6 Å². The molecule has 12 heteroatoms. The third kappa shape index (κ3) is 7.99. The number of carbonyl (C=O) groups is 3. The van der Waals surface area contributed by atoms with Gasteiger partial charge in [0.05, 0.1) is 16.7 Å². The zero-order valence-corrected chi connectivity index (χ0v) is 27.7. The molecule has 2 fully saturated rings. The summed E-state index contributed by atoms with van der Waals surface area (Å²) in [4.78, 5) is 55.7. The Morgan fingerprint density at radius 2 is 1.85 bits per heavy atom. The van der Waals surface area contributed by atoms with Crippen LogP contribution < -0.4 is 10.6 Å². The third-order valence-electron chi connectivity index (χ3n) is 8.30. The SMILES string of the molecule is CN(C)C/C=C/C(=O)N[C@@H]1C[C@H](NC(=O)c2ccc3[nH]c(-c4cc5cccnc5n4CC4CC4)nc3c2)CN(C(=O)OC(C)(C)C)C1. The number of hydrogen-bond donors (Lipinski definition) is 3. The van der Waals surface area contributed by atoms with Gasteiger partial charge in [0.25, 0.3) is 5.91 Å². The van der Waals surface area contributed by atoms with Gasteiger partial charge < -0.3 is 34.7 Å². The molecule has 0 unspecified atom stereocenters. The monoisotopic (exact) mass is 640 g/mol. The Kier molecular flexibility index (Phi) is 9.05. The van der Waals surface area contributed by atoms with Crippen molar-refractivity contribution in [1.29, 1.82) is 0 Å². The van der Waals surface area contributed by atoms with Gasteiger partial charge in [0.2, 0.25) is 5.91 Å². The summed E-state index contributed by atoms with van der Waals surface area (Å²) >= 11 is 0. The molecule has 1 saturated heterocycles. The Morgan fingerprint density at radius 3 is 2.57 bits per heavy atom. The quantitative estimate of drug-likeness (QED) is 0.232. The number of hydrogen-bond acceptors (Lipinski definition) is 7. The number of rotatable bonds is 9. The number of carbonyl (C=O) groups excluding carboxylic acids is 3. The molecule has 6 rings (SSSR count). The second-order valence-corrected chi connectivity index (χ2v) is 14.0. The highest BCUT2D eigenvalue weighted by Crippen LogP contribution is 2.35. The lowest BCUT2D eigenvalue weighted by Crippen LogP contribution is -2.58. The molecule has 47 heavy (non-hydrogen) atoms. The van der Waals surface area contributed by atoms with Crippen molar-refractivity contribution in [1.82, 2.24) is 40.0 Å². The molecule has 2 aliphatic rings. The van der Waals surface area contributed by atoms with Crippen molar-refractivity contribution in [2.45, 2.75) is 64.3 Å². The average Bonchev–Trinajstić information content (AvgIpc) is 3.60. The predicted octanol–water partition coefficient (Wildman–Crippen LogP) is 4.33. The number of fused-ring (bicyclic) bond motifs is 2. The number of likely N-dealkylation sites (N-methyl/N-ethyl adjacent to an activating group) is 1. The molecular formula is C35H44N8O4. The van der Waals surface area contributed by atoms with Crippen molar-refractivity contribution < 1.29 is 19.1 Å². The van der Waals surface area contributed by atoms with Crippen LogP contribution in [-0.2, 0) is 16.1 Å². The molecule has 1 aliphatic heterocycles. The topological polar surface area (TPSA) is 137 Å². The standard InChI is InChI=1S/C35H44N8O4/c1-35(2,3)47-34(46)42-20-25(37-30(44)9-7-15-41(4)5)18-26(21-42)38-33(45)24-12-13-27-28(16-24)40-31(39-27)29-17-23-8-6-14-36-32(23)43(29)19-22-10-11-22/h6-9,12-14,16-17,22,25-26H,10-11,15,18-21H2,1-5H3,(H,37,44)(H,38,45)(H,39,40)/b9-7+/t25-,26+/m1/s1. The van der Waals surface area contributed by atoms with Crippen molar-refractivity contribution >= 4 is 40.0 Å².